The Kier molecular flexibility index (Phi) is 4.02. The summed E-state index contributed by atoms with van der Waals surface area (Å²) in [7, 11) is 0. The third-order valence-corrected chi connectivity index (χ3v) is 3.49. The Labute approximate surface area is 122 Å². The lowest BCUT2D eigenvalue weighted by Gasteiger charge is -2.07. The number of rotatable bonds is 2. The molecule has 2 rings (SSSR count). The zero-order valence-corrected chi connectivity index (χ0v) is 12.1. The van der Waals surface area contributed by atoms with E-state index in [1.807, 2.05) is 0 Å². The average Bonchev–Trinajstić information content (AvgIpc) is 2.36. The Balaban J connectivity index is 2.56. The van der Waals surface area contributed by atoms with Crippen LogP contribution >= 0.6 is 27.5 Å². The summed E-state index contributed by atoms with van der Waals surface area (Å²) in [4.78, 5) is 12.2. The third-order valence-electron chi connectivity index (χ3n) is 2.67. The van der Waals surface area contributed by atoms with Crippen LogP contribution < -0.4 is 0 Å². The Morgan fingerprint density at radius 3 is 2.47 bits per heavy atom. The predicted molar refractivity (Wildman–Crippen MR) is 73.7 cm³/mol. The summed E-state index contributed by atoms with van der Waals surface area (Å²) in [5.41, 5.74) is 0.177. The highest BCUT2D eigenvalue weighted by molar-refractivity contribution is 9.10. The summed E-state index contributed by atoms with van der Waals surface area (Å²) >= 11 is 9.14. The van der Waals surface area contributed by atoms with E-state index in [1.165, 1.54) is 25.1 Å². The molecule has 19 heavy (non-hydrogen) atoms. The SMILES string of the molecule is Cc1cc(C(=O)c2cc(Br)ccc2Cl)c(F)cc1F. The highest BCUT2D eigenvalue weighted by atomic mass is 79.9. The molecule has 0 fully saturated rings. The van der Waals surface area contributed by atoms with Crippen molar-refractivity contribution in [2.24, 2.45) is 0 Å². The molecule has 5 heteroatoms. The van der Waals surface area contributed by atoms with Crippen molar-refractivity contribution in [3.8, 4) is 0 Å². The predicted octanol–water partition coefficient (Wildman–Crippen LogP) is 4.92. The Morgan fingerprint density at radius 2 is 1.79 bits per heavy atom. The van der Waals surface area contributed by atoms with E-state index >= 15 is 0 Å². The maximum Gasteiger partial charge on any atom is 0.197 e. The van der Waals surface area contributed by atoms with E-state index in [0.717, 1.165) is 0 Å². The summed E-state index contributed by atoms with van der Waals surface area (Å²) in [6.07, 6.45) is 0. The first-order valence-electron chi connectivity index (χ1n) is 5.35. The van der Waals surface area contributed by atoms with Gasteiger partial charge in [-0.3, -0.25) is 4.79 Å². The van der Waals surface area contributed by atoms with Gasteiger partial charge in [-0.15, -0.1) is 0 Å². The van der Waals surface area contributed by atoms with Crippen LogP contribution in [0.3, 0.4) is 0 Å². The van der Waals surface area contributed by atoms with Gasteiger partial charge in [-0.25, -0.2) is 8.78 Å². The Hall–Kier alpha value is -1.26. The van der Waals surface area contributed by atoms with Gasteiger partial charge in [0.05, 0.1) is 10.6 Å². The second-order valence-electron chi connectivity index (χ2n) is 4.03. The standard InChI is InChI=1S/C14H8BrClF2O/c1-7-4-10(13(18)6-12(7)17)14(19)9-5-8(15)2-3-11(9)16/h2-6H,1H3. The fraction of sp³-hybridized carbons (Fsp3) is 0.0714. The topological polar surface area (TPSA) is 17.1 Å². The largest absolute Gasteiger partial charge is 0.288 e. The van der Waals surface area contributed by atoms with Crippen LogP contribution in [0.2, 0.25) is 5.02 Å². The minimum absolute atomic E-state index is 0.168. The highest BCUT2D eigenvalue weighted by Gasteiger charge is 2.18. The van der Waals surface area contributed by atoms with E-state index in [9.17, 15) is 13.6 Å². The second kappa shape index (κ2) is 5.39. The number of carbonyl (C=O) groups excluding carboxylic acids is 1. The summed E-state index contributed by atoms with van der Waals surface area (Å²) in [6, 6.07) is 6.60. The summed E-state index contributed by atoms with van der Waals surface area (Å²) in [6.45, 7) is 1.47. The van der Waals surface area contributed by atoms with E-state index in [4.69, 9.17) is 11.6 Å². The lowest BCUT2D eigenvalue weighted by Crippen LogP contribution is -2.06. The van der Waals surface area contributed by atoms with E-state index in [-0.39, 0.29) is 21.7 Å². The van der Waals surface area contributed by atoms with Crippen molar-refractivity contribution >= 4 is 33.3 Å². The summed E-state index contributed by atoms with van der Waals surface area (Å²) in [5, 5.41) is 0.217. The maximum atomic E-state index is 13.7. The first kappa shape index (κ1) is 14.2. The molecule has 0 radical (unpaired) electrons. The molecule has 0 aliphatic carbocycles. The molecule has 0 spiro atoms. The Morgan fingerprint density at radius 1 is 1.11 bits per heavy atom. The molecule has 0 aliphatic rings. The van der Waals surface area contributed by atoms with Crippen LogP contribution in [0.1, 0.15) is 21.5 Å². The first-order chi connectivity index (χ1) is 8.90. The normalized spacial score (nSPS) is 10.6. The molecule has 0 aromatic heterocycles. The molecule has 0 saturated heterocycles. The smallest absolute Gasteiger partial charge is 0.197 e. The molecule has 1 nitrogen and oxygen atoms in total. The van der Waals surface area contributed by atoms with Crippen LogP contribution in [0.4, 0.5) is 8.78 Å². The molecule has 2 aromatic rings. The molecule has 0 aliphatic heterocycles. The van der Waals surface area contributed by atoms with Crippen LogP contribution in [0.15, 0.2) is 34.8 Å². The van der Waals surface area contributed by atoms with Gasteiger partial charge in [0.1, 0.15) is 11.6 Å². The number of ketones is 1. The van der Waals surface area contributed by atoms with Crippen molar-refractivity contribution < 1.29 is 13.6 Å². The van der Waals surface area contributed by atoms with Gasteiger partial charge >= 0.3 is 0 Å². The van der Waals surface area contributed by atoms with Crippen LogP contribution in [0.25, 0.3) is 0 Å². The van der Waals surface area contributed by atoms with Crippen LogP contribution in [0.5, 0.6) is 0 Å². The minimum atomic E-state index is -0.899. The molecule has 0 saturated carbocycles. The fourth-order valence-corrected chi connectivity index (χ4v) is 2.21. The molecule has 98 valence electrons. The third kappa shape index (κ3) is 2.85. The maximum absolute atomic E-state index is 13.7. The van der Waals surface area contributed by atoms with Crippen molar-refractivity contribution in [1.29, 1.82) is 0 Å². The summed E-state index contributed by atoms with van der Waals surface area (Å²) in [5.74, 6) is -2.16. The highest BCUT2D eigenvalue weighted by Crippen LogP contribution is 2.25. The number of hydrogen-bond acceptors (Lipinski definition) is 1. The number of halogens is 4. The van der Waals surface area contributed by atoms with Gasteiger partial charge in [0.15, 0.2) is 5.78 Å². The number of carbonyl (C=O) groups is 1. The molecule has 0 unspecified atom stereocenters. The zero-order chi connectivity index (χ0) is 14.2. The molecule has 0 amide bonds. The van der Waals surface area contributed by atoms with Crippen molar-refractivity contribution in [2.75, 3.05) is 0 Å². The first-order valence-corrected chi connectivity index (χ1v) is 6.52. The van der Waals surface area contributed by atoms with E-state index in [1.54, 1.807) is 6.07 Å². The second-order valence-corrected chi connectivity index (χ2v) is 5.36. The van der Waals surface area contributed by atoms with Crippen LogP contribution in [-0.2, 0) is 0 Å². The molecule has 0 N–H and O–H groups in total. The molecule has 0 heterocycles. The van der Waals surface area contributed by atoms with Crippen molar-refractivity contribution in [1.82, 2.24) is 0 Å². The summed E-state index contributed by atoms with van der Waals surface area (Å²) < 4.78 is 27.5. The molecule has 2 aromatic carbocycles. The number of benzene rings is 2. The van der Waals surface area contributed by atoms with Crippen LogP contribution in [-0.4, -0.2) is 5.78 Å². The van der Waals surface area contributed by atoms with E-state index < -0.39 is 17.4 Å². The zero-order valence-electron chi connectivity index (χ0n) is 9.81. The molecule has 0 atom stereocenters. The van der Waals surface area contributed by atoms with Gasteiger partial charge < -0.3 is 0 Å². The monoisotopic (exact) mass is 344 g/mol. The minimum Gasteiger partial charge on any atom is -0.288 e. The quantitative estimate of drug-likeness (QED) is 0.706. The van der Waals surface area contributed by atoms with Gasteiger partial charge in [-0.05, 0) is 36.8 Å². The number of hydrogen-bond donors (Lipinski definition) is 0. The van der Waals surface area contributed by atoms with Crippen molar-refractivity contribution in [2.45, 2.75) is 6.92 Å². The van der Waals surface area contributed by atoms with E-state index in [0.29, 0.717) is 10.5 Å². The molecule has 0 bridgehead atoms. The lowest BCUT2D eigenvalue weighted by atomic mass is 10.0. The molecular formula is C14H8BrClF2O. The lowest BCUT2D eigenvalue weighted by molar-refractivity contribution is 0.103. The van der Waals surface area contributed by atoms with Gasteiger partial charge in [-0.2, -0.15) is 0 Å². The average molecular weight is 346 g/mol. The van der Waals surface area contributed by atoms with Crippen LogP contribution in [0, 0.1) is 18.6 Å². The van der Waals surface area contributed by atoms with E-state index in [2.05, 4.69) is 15.9 Å². The van der Waals surface area contributed by atoms with Crippen molar-refractivity contribution in [3.05, 3.63) is 68.2 Å². The van der Waals surface area contributed by atoms with Gasteiger partial charge in [-0.1, -0.05) is 27.5 Å². The van der Waals surface area contributed by atoms with Gasteiger partial charge in [0.2, 0.25) is 0 Å². The Bertz CT molecular complexity index is 671. The fourth-order valence-electron chi connectivity index (χ4n) is 1.65. The van der Waals surface area contributed by atoms with Crippen molar-refractivity contribution in [3.63, 3.8) is 0 Å². The number of aryl methyl sites for hydroxylation is 1. The van der Waals surface area contributed by atoms with Gasteiger partial charge in [0.25, 0.3) is 0 Å². The van der Waals surface area contributed by atoms with Gasteiger partial charge in [0, 0.05) is 16.1 Å². The molecular weight excluding hydrogens is 338 g/mol.